The summed E-state index contributed by atoms with van der Waals surface area (Å²) in [6.45, 7) is 3.23. The maximum Gasteiger partial charge on any atom is 0.278 e. The summed E-state index contributed by atoms with van der Waals surface area (Å²) < 4.78 is 5.59. The molecule has 0 bridgehead atoms. The Balaban J connectivity index is 1.80. The minimum atomic E-state index is -0.187. The topological polar surface area (TPSA) is 49.9 Å². The number of nitrogens with zero attached hydrogens (tertiary/aromatic N) is 2. The first-order valence-electron chi connectivity index (χ1n) is 11.7. The first-order chi connectivity index (χ1) is 15.7. The predicted molar refractivity (Wildman–Crippen MR) is 126 cm³/mol. The van der Waals surface area contributed by atoms with Crippen LogP contribution < -0.4 is 4.74 Å². The van der Waals surface area contributed by atoms with Crippen molar-refractivity contribution >= 4 is 17.4 Å². The van der Waals surface area contributed by atoms with Crippen molar-refractivity contribution in [1.82, 2.24) is 9.80 Å². The largest absolute Gasteiger partial charge is 0.496 e. The molecule has 2 amide bonds. The summed E-state index contributed by atoms with van der Waals surface area (Å²) >= 11 is 0. The van der Waals surface area contributed by atoms with Gasteiger partial charge in [0.25, 0.3) is 11.8 Å². The highest BCUT2D eigenvalue weighted by molar-refractivity contribution is 6.36. The van der Waals surface area contributed by atoms with Crippen LogP contribution in [0.2, 0.25) is 0 Å². The Kier molecular flexibility index (Phi) is 6.93. The normalized spacial score (nSPS) is 17.6. The van der Waals surface area contributed by atoms with Gasteiger partial charge >= 0.3 is 0 Å². The number of rotatable bonds is 7. The number of para-hydroxylation sites is 1. The van der Waals surface area contributed by atoms with Crippen molar-refractivity contribution in [2.24, 2.45) is 0 Å². The Morgan fingerprint density at radius 2 is 1.56 bits per heavy atom. The van der Waals surface area contributed by atoms with Gasteiger partial charge in [-0.25, -0.2) is 0 Å². The molecule has 1 fully saturated rings. The lowest BCUT2D eigenvalue weighted by Crippen LogP contribution is -2.42. The van der Waals surface area contributed by atoms with Crippen LogP contribution in [-0.4, -0.2) is 41.3 Å². The molecule has 5 nitrogen and oxygen atoms in total. The van der Waals surface area contributed by atoms with Gasteiger partial charge in [-0.15, -0.1) is 0 Å². The van der Waals surface area contributed by atoms with Crippen LogP contribution in [0.15, 0.2) is 60.3 Å². The Hall–Kier alpha value is -3.08. The fourth-order valence-electron chi connectivity index (χ4n) is 4.92. The molecule has 0 saturated heterocycles. The number of carbonyl (C=O) groups is 2. The van der Waals surface area contributed by atoms with Crippen molar-refractivity contribution in [2.45, 2.75) is 58.0 Å². The molecular formula is C27H32N2O3. The van der Waals surface area contributed by atoms with Gasteiger partial charge < -0.3 is 9.64 Å². The molecule has 0 aromatic heterocycles. The van der Waals surface area contributed by atoms with Crippen LogP contribution in [0.4, 0.5) is 0 Å². The van der Waals surface area contributed by atoms with Crippen molar-refractivity contribution in [3.8, 4) is 5.75 Å². The second kappa shape index (κ2) is 10.0. The zero-order valence-corrected chi connectivity index (χ0v) is 19.0. The van der Waals surface area contributed by atoms with Crippen LogP contribution in [0, 0.1) is 0 Å². The molecule has 2 aromatic carbocycles. The number of benzene rings is 2. The molecule has 2 aromatic rings. The van der Waals surface area contributed by atoms with Crippen molar-refractivity contribution in [3.05, 3.63) is 71.4 Å². The summed E-state index contributed by atoms with van der Waals surface area (Å²) in [7, 11) is 1.60. The first kappa shape index (κ1) is 22.1. The SMILES string of the molecule is CCN(Cc1ccccc1)C1=C(c2ccccc2OC)C(=O)N(C2CCCCCC2)C1=O. The van der Waals surface area contributed by atoms with E-state index in [1.54, 1.807) is 12.0 Å². The number of amides is 2. The minimum absolute atomic E-state index is 0.0323. The summed E-state index contributed by atoms with van der Waals surface area (Å²) in [5.41, 5.74) is 2.75. The van der Waals surface area contributed by atoms with E-state index >= 15 is 0 Å². The van der Waals surface area contributed by atoms with Gasteiger partial charge in [-0.3, -0.25) is 14.5 Å². The van der Waals surface area contributed by atoms with Crippen LogP contribution in [0.3, 0.4) is 0 Å². The van der Waals surface area contributed by atoms with E-state index in [9.17, 15) is 9.59 Å². The lowest BCUT2D eigenvalue weighted by Gasteiger charge is -2.28. The van der Waals surface area contributed by atoms with E-state index in [-0.39, 0.29) is 17.9 Å². The summed E-state index contributed by atoms with van der Waals surface area (Å²) in [5.74, 6) is 0.258. The van der Waals surface area contributed by atoms with E-state index in [1.807, 2.05) is 54.3 Å². The van der Waals surface area contributed by atoms with Crippen LogP contribution in [0.25, 0.3) is 5.57 Å². The third-order valence-corrected chi connectivity index (χ3v) is 6.57. The summed E-state index contributed by atoms with van der Waals surface area (Å²) in [4.78, 5) is 31.3. The lowest BCUT2D eigenvalue weighted by molar-refractivity contribution is -0.140. The van der Waals surface area contributed by atoms with E-state index < -0.39 is 0 Å². The van der Waals surface area contributed by atoms with Crippen molar-refractivity contribution in [1.29, 1.82) is 0 Å². The molecule has 32 heavy (non-hydrogen) atoms. The molecule has 0 unspecified atom stereocenters. The number of carbonyl (C=O) groups excluding carboxylic acids is 2. The van der Waals surface area contributed by atoms with Gasteiger partial charge in [-0.2, -0.15) is 0 Å². The lowest BCUT2D eigenvalue weighted by atomic mass is 10.0. The van der Waals surface area contributed by atoms with Crippen LogP contribution >= 0.6 is 0 Å². The molecule has 0 N–H and O–H groups in total. The zero-order valence-electron chi connectivity index (χ0n) is 19.0. The number of hydrogen-bond acceptors (Lipinski definition) is 4. The summed E-state index contributed by atoms with van der Waals surface area (Å²) in [6.07, 6.45) is 6.22. The number of ether oxygens (including phenoxy) is 1. The number of likely N-dealkylation sites (N-methyl/N-ethyl adjacent to an activating group) is 1. The fourth-order valence-corrected chi connectivity index (χ4v) is 4.92. The monoisotopic (exact) mass is 432 g/mol. The molecule has 5 heteroatoms. The van der Waals surface area contributed by atoms with Gasteiger partial charge in [0.1, 0.15) is 11.4 Å². The molecule has 4 rings (SSSR count). The number of methoxy groups -OCH3 is 1. The molecule has 1 heterocycles. The fraction of sp³-hybridized carbons (Fsp3) is 0.407. The van der Waals surface area contributed by atoms with Gasteiger partial charge in [0, 0.05) is 24.7 Å². The van der Waals surface area contributed by atoms with E-state index in [2.05, 4.69) is 12.1 Å². The molecular weight excluding hydrogens is 400 g/mol. The Bertz CT molecular complexity index is 991. The zero-order chi connectivity index (χ0) is 22.5. The van der Waals surface area contributed by atoms with Crippen molar-refractivity contribution in [3.63, 3.8) is 0 Å². The molecule has 0 radical (unpaired) electrons. The maximum absolute atomic E-state index is 13.9. The highest BCUT2D eigenvalue weighted by Gasteiger charge is 2.45. The second-order valence-electron chi connectivity index (χ2n) is 8.55. The van der Waals surface area contributed by atoms with E-state index in [0.717, 1.165) is 31.2 Å². The maximum atomic E-state index is 13.9. The third-order valence-electron chi connectivity index (χ3n) is 6.57. The quantitative estimate of drug-likeness (QED) is 0.455. The standard InChI is InChI=1S/C27H32N2O3/c1-3-28(19-20-13-7-6-8-14-20)25-24(22-17-11-12-18-23(22)32-2)26(30)29(27(25)31)21-15-9-4-5-10-16-21/h6-8,11-14,17-18,21H,3-5,9-10,15-16,19H2,1-2H3. The van der Waals surface area contributed by atoms with Gasteiger partial charge in [-0.05, 0) is 31.4 Å². The van der Waals surface area contributed by atoms with Crippen LogP contribution in [0.5, 0.6) is 5.75 Å². The Morgan fingerprint density at radius 1 is 0.906 bits per heavy atom. The average Bonchev–Trinajstić information content (AvgIpc) is 2.98. The van der Waals surface area contributed by atoms with Gasteiger partial charge in [0.2, 0.25) is 0 Å². The summed E-state index contributed by atoms with van der Waals surface area (Å²) in [5, 5.41) is 0. The third kappa shape index (κ3) is 4.29. The van der Waals surface area contributed by atoms with Crippen molar-refractivity contribution < 1.29 is 14.3 Å². The van der Waals surface area contributed by atoms with Crippen LogP contribution in [-0.2, 0) is 16.1 Å². The molecule has 1 aliphatic heterocycles. The Morgan fingerprint density at radius 3 is 2.22 bits per heavy atom. The van der Waals surface area contributed by atoms with Crippen molar-refractivity contribution in [2.75, 3.05) is 13.7 Å². The Labute approximate surface area is 190 Å². The van der Waals surface area contributed by atoms with E-state index in [4.69, 9.17) is 4.74 Å². The smallest absolute Gasteiger partial charge is 0.278 e. The number of imide groups is 1. The average molecular weight is 433 g/mol. The molecule has 1 saturated carbocycles. The van der Waals surface area contributed by atoms with Crippen LogP contribution in [0.1, 0.15) is 56.6 Å². The first-order valence-corrected chi connectivity index (χ1v) is 11.7. The highest BCUT2D eigenvalue weighted by Crippen LogP contribution is 2.39. The summed E-state index contributed by atoms with van der Waals surface area (Å²) in [6, 6.07) is 17.6. The highest BCUT2D eigenvalue weighted by atomic mass is 16.5. The molecule has 0 spiro atoms. The van der Waals surface area contributed by atoms with E-state index in [0.29, 0.717) is 35.7 Å². The second-order valence-corrected chi connectivity index (χ2v) is 8.55. The predicted octanol–water partition coefficient (Wildman–Crippen LogP) is 5.02. The van der Waals surface area contributed by atoms with Gasteiger partial charge in [-0.1, -0.05) is 74.2 Å². The van der Waals surface area contributed by atoms with Gasteiger partial charge in [0.05, 0.1) is 12.7 Å². The molecule has 1 aliphatic carbocycles. The molecule has 2 aliphatic rings. The minimum Gasteiger partial charge on any atom is -0.496 e. The van der Waals surface area contributed by atoms with Gasteiger partial charge in [0.15, 0.2) is 0 Å². The molecule has 0 atom stereocenters. The van der Waals surface area contributed by atoms with E-state index in [1.165, 1.54) is 12.8 Å². The number of hydrogen-bond donors (Lipinski definition) is 0. The molecule has 168 valence electrons.